The molecule has 0 bridgehead atoms. The number of ether oxygens (including phenoxy) is 1. The Bertz CT molecular complexity index is 136. The third kappa shape index (κ3) is 1.57. The van der Waals surface area contributed by atoms with Crippen molar-refractivity contribution in [2.45, 2.75) is 37.7 Å². The van der Waals surface area contributed by atoms with Crippen LogP contribution in [0.4, 0.5) is 4.39 Å². The van der Waals surface area contributed by atoms with Gasteiger partial charge in [0.1, 0.15) is 14.0 Å². The molecule has 1 rings (SSSR count). The van der Waals surface area contributed by atoms with Gasteiger partial charge in [-0.1, -0.05) is 6.92 Å². The standard InChI is InChI=1S/C7H13BFNO/c1-3-4-6(10-2)5(9)7(8)11-4/h4-7,10H,3H2,1-2H3/t4-,5?,6?,7-/m1/s1. The Labute approximate surface area is 67.9 Å². The zero-order chi connectivity index (χ0) is 8.43. The molecule has 0 saturated carbocycles. The molecule has 1 saturated heterocycles. The lowest BCUT2D eigenvalue weighted by Gasteiger charge is -2.16. The SMILES string of the molecule is [B][C@@H]1O[C@H](CC)C(NC)C1F. The highest BCUT2D eigenvalue weighted by atomic mass is 19.1. The first kappa shape index (κ1) is 9.01. The second-order valence-corrected chi connectivity index (χ2v) is 2.81. The van der Waals surface area contributed by atoms with E-state index in [1.165, 1.54) is 0 Å². The molecule has 0 spiro atoms. The fraction of sp³-hybridized carbons (Fsp3) is 1.00. The lowest BCUT2D eigenvalue weighted by molar-refractivity contribution is 0.0703. The summed E-state index contributed by atoms with van der Waals surface area (Å²) in [6, 6.07) is -0.993. The molecule has 2 nitrogen and oxygen atoms in total. The second-order valence-electron chi connectivity index (χ2n) is 2.81. The highest BCUT2D eigenvalue weighted by Gasteiger charge is 2.40. The Hall–Kier alpha value is -0.0851. The van der Waals surface area contributed by atoms with Crippen molar-refractivity contribution in [2.75, 3.05) is 7.05 Å². The average molecular weight is 157 g/mol. The molecule has 11 heavy (non-hydrogen) atoms. The second kappa shape index (κ2) is 3.54. The Morgan fingerprint density at radius 3 is 2.64 bits per heavy atom. The minimum absolute atomic E-state index is 0.0787. The number of halogens is 1. The smallest absolute Gasteiger partial charge is 0.135 e. The quantitative estimate of drug-likeness (QED) is 0.578. The molecule has 4 heteroatoms. The molecule has 1 aliphatic rings. The maximum absolute atomic E-state index is 13.1. The molecule has 0 aliphatic carbocycles. The van der Waals surface area contributed by atoms with E-state index in [1.54, 1.807) is 7.05 Å². The summed E-state index contributed by atoms with van der Waals surface area (Å²) in [6.07, 6.45) is -0.366. The molecule has 0 aromatic carbocycles. The predicted octanol–water partition coefficient (Wildman–Crippen LogP) is 0.216. The lowest BCUT2D eigenvalue weighted by atomic mass is 9.92. The van der Waals surface area contributed by atoms with Crippen LogP contribution < -0.4 is 5.32 Å². The summed E-state index contributed by atoms with van der Waals surface area (Å²) in [5.74, 6) is 0. The van der Waals surface area contributed by atoms with E-state index in [2.05, 4.69) is 5.32 Å². The Kier molecular flexibility index (Phi) is 2.90. The van der Waals surface area contributed by atoms with Gasteiger partial charge in [-0.05, 0) is 13.5 Å². The van der Waals surface area contributed by atoms with Gasteiger partial charge in [0.15, 0.2) is 0 Å². The van der Waals surface area contributed by atoms with Gasteiger partial charge in [0, 0.05) is 6.00 Å². The van der Waals surface area contributed by atoms with Crippen molar-refractivity contribution in [3.05, 3.63) is 0 Å². The van der Waals surface area contributed by atoms with Crippen molar-refractivity contribution < 1.29 is 9.13 Å². The van der Waals surface area contributed by atoms with E-state index in [-0.39, 0.29) is 12.1 Å². The van der Waals surface area contributed by atoms with Crippen LogP contribution in [-0.4, -0.2) is 39.2 Å². The number of likely N-dealkylation sites (N-methyl/N-ethyl adjacent to an activating group) is 1. The summed E-state index contributed by atoms with van der Waals surface area (Å²) in [5, 5.41) is 2.87. The molecule has 62 valence electrons. The lowest BCUT2D eigenvalue weighted by Crippen LogP contribution is -2.40. The number of hydrogen-bond acceptors (Lipinski definition) is 2. The molecular formula is C7H13BFNO. The molecule has 2 radical (unpaired) electrons. The molecule has 1 aliphatic heterocycles. The fourth-order valence-electron chi connectivity index (χ4n) is 1.47. The van der Waals surface area contributed by atoms with Crippen molar-refractivity contribution in [1.82, 2.24) is 5.32 Å². The first-order valence-electron chi connectivity index (χ1n) is 3.93. The van der Waals surface area contributed by atoms with Crippen molar-refractivity contribution in [2.24, 2.45) is 0 Å². The summed E-state index contributed by atoms with van der Waals surface area (Å²) < 4.78 is 18.3. The van der Waals surface area contributed by atoms with Gasteiger partial charge < -0.3 is 10.1 Å². The first-order valence-corrected chi connectivity index (χ1v) is 3.93. The van der Waals surface area contributed by atoms with E-state index in [1.807, 2.05) is 6.92 Å². The largest absolute Gasteiger partial charge is 0.380 e. The third-order valence-electron chi connectivity index (χ3n) is 2.13. The Morgan fingerprint density at radius 2 is 2.27 bits per heavy atom. The van der Waals surface area contributed by atoms with Gasteiger partial charge in [-0.25, -0.2) is 4.39 Å². The summed E-state index contributed by atoms with van der Waals surface area (Å²) in [7, 11) is 7.10. The maximum atomic E-state index is 13.1. The van der Waals surface area contributed by atoms with Gasteiger partial charge >= 0.3 is 0 Å². The Morgan fingerprint density at radius 1 is 1.64 bits per heavy atom. The number of rotatable bonds is 2. The maximum Gasteiger partial charge on any atom is 0.135 e. The summed E-state index contributed by atoms with van der Waals surface area (Å²) in [5.41, 5.74) is 0. The zero-order valence-electron chi connectivity index (χ0n) is 6.88. The van der Waals surface area contributed by atoms with Crippen LogP contribution >= 0.6 is 0 Å². The first-order chi connectivity index (χ1) is 5.20. The molecule has 2 unspecified atom stereocenters. The number of nitrogens with one attached hydrogen (secondary N) is 1. The van der Waals surface area contributed by atoms with Gasteiger partial charge in [-0.15, -0.1) is 0 Å². The van der Waals surface area contributed by atoms with Gasteiger partial charge in [0.2, 0.25) is 0 Å². The van der Waals surface area contributed by atoms with Crippen LogP contribution in [-0.2, 0) is 4.74 Å². The predicted molar refractivity (Wildman–Crippen MR) is 42.4 cm³/mol. The number of hydrogen-bond donors (Lipinski definition) is 1. The van der Waals surface area contributed by atoms with Crippen molar-refractivity contribution in [3.8, 4) is 0 Å². The highest BCUT2D eigenvalue weighted by Crippen LogP contribution is 2.23. The molecule has 0 aromatic heterocycles. The van der Waals surface area contributed by atoms with Crippen molar-refractivity contribution >= 4 is 7.85 Å². The van der Waals surface area contributed by atoms with Crippen LogP contribution in [0.15, 0.2) is 0 Å². The summed E-state index contributed by atoms with van der Waals surface area (Å²) >= 11 is 0. The minimum Gasteiger partial charge on any atom is -0.380 e. The molecule has 1 fully saturated rings. The molecular weight excluding hydrogens is 144 g/mol. The van der Waals surface area contributed by atoms with Gasteiger partial charge in [0.05, 0.1) is 12.1 Å². The van der Waals surface area contributed by atoms with Crippen LogP contribution in [0, 0.1) is 0 Å². The van der Waals surface area contributed by atoms with Crippen LogP contribution in [0.2, 0.25) is 0 Å². The van der Waals surface area contributed by atoms with Gasteiger partial charge in [-0.2, -0.15) is 0 Å². The summed E-state index contributed by atoms with van der Waals surface area (Å²) in [6.45, 7) is 1.96. The Balaban J connectivity index is 2.57. The fourth-order valence-corrected chi connectivity index (χ4v) is 1.47. The van der Waals surface area contributed by atoms with Crippen LogP contribution in [0.3, 0.4) is 0 Å². The van der Waals surface area contributed by atoms with E-state index in [4.69, 9.17) is 12.6 Å². The molecule has 0 aromatic rings. The van der Waals surface area contributed by atoms with Gasteiger partial charge in [0.25, 0.3) is 0 Å². The van der Waals surface area contributed by atoms with Crippen LogP contribution in [0.25, 0.3) is 0 Å². The zero-order valence-corrected chi connectivity index (χ0v) is 6.88. The van der Waals surface area contributed by atoms with Crippen molar-refractivity contribution in [3.63, 3.8) is 0 Å². The molecule has 0 amide bonds. The summed E-state index contributed by atoms with van der Waals surface area (Å²) in [4.78, 5) is 0. The molecule has 1 N–H and O–H groups in total. The average Bonchev–Trinajstić information content (AvgIpc) is 2.28. The van der Waals surface area contributed by atoms with Crippen molar-refractivity contribution in [1.29, 1.82) is 0 Å². The van der Waals surface area contributed by atoms with Gasteiger partial charge in [-0.3, -0.25) is 0 Å². The monoisotopic (exact) mass is 157 g/mol. The normalized spacial score (nSPS) is 44.6. The molecule has 4 atom stereocenters. The third-order valence-corrected chi connectivity index (χ3v) is 2.13. The topological polar surface area (TPSA) is 21.3 Å². The van der Waals surface area contributed by atoms with E-state index in [0.717, 1.165) is 6.42 Å². The van der Waals surface area contributed by atoms with Crippen LogP contribution in [0.5, 0.6) is 0 Å². The van der Waals surface area contributed by atoms with E-state index in [0.29, 0.717) is 0 Å². The molecule has 1 heterocycles. The minimum atomic E-state index is -1.08. The van der Waals surface area contributed by atoms with E-state index in [9.17, 15) is 4.39 Å². The number of alkyl halides is 1. The van der Waals surface area contributed by atoms with E-state index >= 15 is 0 Å². The highest BCUT2D eigenvalue weighted by molar-refractivity contribution is 6.11. The van der Waals surface area contributed by atoms with Crippen LogP contribution in [0.1, 0.15) is 13.3 Å². The van der Waals surface area contributed by atoms with E-state index < -0.39 is 12.2 Å².